The molecule has 0 aliphatic carbocycles. The minimum Gasteiger partial charge on any atom is -0.333 e. The van der Waals surface area contributed by atoms with E-state index in [1.807, 2.05) is 18.4 Å². The highest BCUT2D eigenvalue weighted by Crippen LogP contribution is 2.20. The lowest BCUT2D eigenvalue weighted by Crippen LogP contribution is -2.56. The van der Waals surface area contributed by atoms with Gasteiger partial charge in [-0.25, -0.2) is 13.2 Å². The van der Waals surface area contributed by atoms with Crippen LogP contribution in [0.4, 0.5) is 4.79 Å². The number of carbonyl (C=O) groups excluding carboxylic acids is 1. The normalized spacial score (nSPS) is 25.4. The Morgan fingerprint density at radius 1 is 1.50 bits per heavy atom. The molecule has 0 radical (unpaired) electrons. The van der Waals surface area contributed by atoms with E-state index >= 15 is 0 Å². The fourth-order valence-electron chi connectivity index (χ4n) is 2.30. The summed E-state index contributed by atoms with van der Waals surface area (Å²) in [5.74, 6) is 0.0456. The number of sulfone groups is 1. The van der Waals surface area contributed by atoms with Crippen molar-refractivity contribution in [3.63, 3.8) is 0 Å². The van der Waals surface area contributed by atoms with Gasteiger partial charge >= 0.3 is 6.03 Å². The van der Waals surface area contributed by atoms with Crippen LogP contribution < -0.4 is 5.32 Å². The average molecular weight is 316 g/mol. The molecule has 0 aromatic carbocycles. The number of nitrogens with zero attached hydrogens (tertiary/aromatic N) is 1. The lowest BCUT2D eigenvalue weighted by molar-refractivity contribution is 0.178. The molecule has 0 spiro atoms. The SMILES string of the molecule is Cc1ccsc1CNC(=O)N1CCS(=O)(=O)[C@H](C)[C@@H]1C. The van der Waals surface area contributed by atoms with E-state index < -0.39 is 15.1 Å². The maximum absolute atomic E-state index is 12.2. The van der Waals surface area contributed by atoms with Crippen LogP contribution in [0.5, 0.6) is 0 Å². The highest BCUT2D eigenvalue weighted by Gasteiger charge is 2.37. The molecule has 0 unspecified atom stereocenters. The highest BCUT2D eigenvalue weighted by atomic mass is 32.2. The van der Waals surface area contributed by atoms with Crippen LogP contribution in [0.15, 0.2) is 11.4 Å². The molecule has 1 aromatic rings. The van der Waals surface area contributed by atoms with Crippen molar-refractivity contribution >= 4 is 27.2 Å². The van der Waals surface area contributed by atoms with Gasteiger partial charge in [-0.15, -0.1) is 11.3 Å². The largest absolute Gasteiger partial charge is 0.333 e. The van der Waals surface area contributed by atoms with Crippen LogP contribution in [0.1, 0.15) is 24.3 Å². The molecule has 1 aromatic heterocycles. The lowest BCUT2D eigenvalue weighted by Gasteiger charge is -2.37. The van der Waals surface area contributed by atoms with Crippen molar-refractivity contribution in [2.24, 2.45) is 0 Å². The average Bonchev–Trinajstić information content (AvgIpc) is 2.79. The molecule has 5 nitrogen and oxygen atoms in total. The van der Waals surface area contributed by atoms with E-state index in [0.717, 1.165) is 10.4 Å². The minimum absolute atomic E-state index is 0.0456. The van der Waals surface area contributed by atoms with Gasteiger partial charge in [-0.3, -0.25) is 0 Å². The number of urea groups is 1. The Bertz CT molecular complexity index is 595. The Labute approximate surface area is 123 Å². The molecule has 2 atom stereocenters. The smallest absolute Gasteiger partial charge is 0.318 e. The molecular formula is C13H20N2O3S2. The minimum atomic E-state index is -3.06. The van der Waals surface area contributed by atoms with Gasteiger partial charge in [0.1, 0.15) is 0 Å². The number of amides is 2. The van der Waals surface area contributed by atoms with Crippen molar-refractivity contribution in [3.05, 3.63) is 21.9 Å². The first-order valence-electron chi connectivity index (χ1n) is 6.62. The van der Waals surface area contributed by atoms with Crippen LogP contribution in [0.2, 0.25) is 0 Å². The summed E-state index contributed by atoms with van der Waals surface area (Å²) in [4.78, 5) is 14.9. The molecule has 0 bridgehead atoms. The maximum atomic E-state index is 12.2. The van der Waals surface area contributed by atoms with E-state index in [4.69, 9.17) is 0 Å². The topological polar surface area (TPSA) is 66.5 Å². The highest BCUT2D eigenvalue weighted by molar-refractivity contribution is 7.92. The van der Waals surface area contributed by atoms with Gasteiger partial charge in [0.05, 0.1) is 17.5 Å². The quantitative estimate of drug-likeness (QED) is 0.904. The van der Waals surface area contributed by atoms with Crippen molar-refractivity contribution in [1.29, 1.82) is 0 Å². The number of rotatable bonds is 2. The molecule has 7 heteroatoms. The molecule has 1 saturated heterocycles. The van der Waals surface area contributed by atoms with Crippen molar-refractivity contribution in [2.75, 3.05) is 12.3 Å². The molecule has 2 rings (SSSR count). The first-order valence-corrected chi connectivity index (χ1v) is 9.21. The molecule has 2 heterocycles. The van der Waals surface area contributed by atoms with Gasteiger partial charge in [0.2, 0.25) is 0 Å². The van der Waals surface area contributed by atoms with Gasteiger partial charge in [0, 0.05) is 17.5 Å². The Balaban J connectivity index is 1.98. The first kappa shape index (κ1) is 15.3. The van der Waals surface area contributed by atoms with Crippen LogP contribution in [0.25, 0.3) is 0 Å². The maximum Gasteiger partial charge on any atom is 0.318 e. The van der Waals surface area contributed by atoms with Crippen LogP contribution in [-0.4, -0.2) is 42.9 Å². The molecule has 2 amide bonds. The molecule has 1 aliphatic heterocycles. The van der Waals surface area contributed by atoms with Gasteiger partial charge in [-0.2, -0.15) is 0 Å². The Morgan fingerprint density at radius 2 is 2.20 bits per heavy atom. The number of thiophene rings is 1. The summed E-state index contributed by atoms with van der Waals surface area (Å²) in [6.45, 7) is 6.23. The third kappa shape index (κ3) is 2.98. The summed E-state index contributed by atoms with van der Waals surface area (Å²) in [7, 11) is -3.06. The number of nitrogens with one attached hydrogen (secondary N) is 1. The summed E-state index contributed by atoms with van der Waals surface area (Å²) >= 11 is 1.61. The number of carbonyl (C=O) groups is 1. The van der Waals surface area contributed by atoms with Gasteiger partial charge in [-0.1, -0.05) is 0 Å². The zero-order valence-electron chi connectivity index (χ0n) is 11.9. The van der Waals surface area contributed by atoms with Gasteiger partial charge in [-0.05, 0) is 37.8 Å². The van der Waals surface area contributed by atoms with E-state index in [1.165, 1.54) is 0 Å². The molecule has 1 N–H and O–H groups in total. The van der Waals surface area contributed by atoms with Crippen molar-refractivity contribution < 1.29 is 13.2 Å². The van der Waals surface area contributed by atoms with Crippen LogP contribution >= 0.6 is 11.3 Å². The van der Waals surface area contributed by atoms with Crippen LogP contribution in [-0.2, 0) is 16.4 Å². The Hall–Kier alpha value is -1.08. The van der Waals surface area contributed by atoms with E-state index in [1.54, 1.807) is 30.1 Å². The Morgan fingerprint density at radius 3 is 2.80 bits per heavy atom. The molecule has 0 saturated carbocycles. The first-order chi connectivity index (χ1) is 9.33. The second-order valence-corrected chi connectivity index (χ2v) is 8.67. The summed E-state index contributed by atoms with van der Waals surface area (Å²) in [6, 6.07) is 1.54. The molecule has 20 heavy (non-hydrogen) atoms. The van der Waals surface area contributed by atoms with Crippen molar-refractivity contribution in [3.8, 4) is 0 Å². The Kier molecular flexibility index (Phi) is 4.39. The van der Waals surface area contributed by atoms with E-state index in [2.05, 4.69) is 5.32 Å². The van der Waals surface area contributed by atoms with Crippen molar-refractivity contribution in [1.82, 2.24) is 10.2 Å². The van der Waals surface area contributed by atoms with Crippen molar-refractivity contribution in [2.45, 2.75) is 38.6 Å². The van der Waals surface area contributed by atoms with Gasteiger partial charge in [0.15, 0.2) is 9.84 Å². The monoisotopic (exact) mass is 316 g/mol. The van der Waals surface area contributed by atoms with E-state index in [-0.39, 0.29) is 24.4 Å². The fraction of sp³-hybridized carbons (Fsp3) is 0.615. The second-order valence-electron chi connectivity index (χ2n) is 5.19. The predicted octanol–water partition coefficient (Wildman–Crippen LogP) is 1.77. The summed E-state index contributed by atoms with van der Waals surface area (Å²) in [5.41, 5.74) is 1.16. The van der Waals surface area contributed by atoms with Crippen LogP contribution in [0.3, 0.4) is 0 Å². The zero-order valence-corrected chi connectivity index (χ0v) is 13.6. The zero-order chi connectivity index (χ0) is 14.9. The third-order valence-electron chi connectivity index (χ3n) is 3.98. The standard InChI is InChI=1S/C13H20N2O3S2/c1-9-4-6-19-12(9)8-14-13(16)15-5-7-20(17,18)11(3)10(15)2/h4,6,10-11H,5,7-8H2,1-3H3,(H,14,16)/t10-,11+/m0/s1. The molecule has 1 fully saturated rings. The van der Waals surface area contributed by atoms with Gasteiger partial charge < -0.3 is 10.2 Å². The van der Waals surface area contributed by atoms with E-state index in [9.17, 15) is 13.2 Å². The van der Waals surface area contributed by atoms with Crippen LogP contribution in [0, 0.1) is 6.92 Å². The number of hydrogen-bond acceptors (Lipinski definition) is 4. The second kappa shape index (κ2) is 5.73. The number of hydrogen-bond donors (Lipinski definition) is 1. The lowest BCUT2D eigenvalue weighted by atomic mass is 10.2. The predicted molar refractivity (Wildman–Crippen MR) is 80.7 cm³/mol. The number of aryl methyl sites for hydroxylation is 1. The molecule has 112 valence electrons. The molecular weight excluding hydrogens is 296 g/mol. The fourth-order valence-corrected chi connectivity index (χ4v) is 4.71. The van der Waals surface area contributed by atoms with Gasteiger partial charge in [0.25, 0.3) is 0 Å². The summed E-state index contributed by atoms with van der Waals surface area (Å²) in [6.07, 6.45) is 0. The molecule has 1 aliphatic rings. The summed E-state index contributed by atoms with van der Waals surface area (Å²) in [5, 5.41) is 4.36. The third-order valence-corrected chi connectivity index (χ3v) is 7.28. The van der Waals surface area contributed by atoms with E-state index in [0.29, 0.717) is 6.54 Å². The summed E-state index contributed by atoms with van der Waals surface area (Å²) < 4.78 is 23.6.